The Morgan fingerprint density at radius 2 is 2.28 bits per heavy atom. The number of furan rings is 1. The number of morpholine rings is 1. The van der Waals surface area contributed by atoms with Crippen LogP contribution in [0.2, 0.25) is 0 Å². The van der Waals surface area contributed by atoms with Crippen molar-refractivity contribution in [3.8, 4) is 0 Å². The Morgan fingerprint density at radius 1 is 1.41 bits per heavy atom. The van der Waals surface area contributed by atoms with E-state index >= 15 is 0 Å². The fourth-order valence-corrected chi connectivity index (χ4v) is 4.17. The van der Waals surface area contributed by atoms with Crippen LogP contribution in [0.4, 0.5) is 0 Å². The highest BCUT2D eigenvalue weighted by atomic mass is 32.1. The van der Waals surface area contributed by atoms with Gasteiger partial charge in [-0.25, -0.2) is 4.99 Å². The molecule has 29 heavy (non-hydrogen) atoms. The van der Waals surface area contributed by atoms with E-state index in [2.05, 4.69) is 45.0 Å². The number of hydrogen-bond donors (Lipinski definition) is 3. The van der Waals surface area contributed by atoms with Gasteiger partial charge in [-0.1, -0.05) is 6.07 Å². The van der Waals surface area contributed by atoms with E-state index in [4.69, 9.17) is 14.9 Å². The largest absolute Gasteiger partial charge is 0.454 e. The molecule has 0 aromatic carbocycles. The Hall–Kier alpha value is -2.36. The Morgan fingerprint density at radius 3 is 2.93 bits per heavy atom. The molecule has 1 aliphatic heterocycles. The van der Waals surface area contributed by atoms with E-state index < -0.39 is 5.91 Å². The quantitative estimate of drug-likeness (QED) is 0.446. The summed E-state index contributed by atoms with van der Waals surface area (Å²) in [4.78, 5) is 19.5. The van der Waals surface area contributed by atoms with Gasteiger partial charge in [0.25, 0.3) is 5.91 Å². The summed E-state index contributed by atoms with van der Waals surface area (Å²) in [5, 5.41) is 8.82. The second kappa shape index (κ2) is 10.4. The summed E-state index contributed by atoms with van der Waals surface area (Å²) in [5.74, 6) is 0.858. The lowest BCUT2D eigenvalue weighted by molar-refractivity contribution is -0.0334. The topological polar surface area (TPSA) is 105 Å². The molecule has 0 bridgehead atoms. The Labute approximate surface area is 175 Å². The number of aliphatic imine (C=N–C) groups is 1. The molecular formula is C20H29N5O3S. The Balaban J connectivity index is 1.66. The number of amides is 1. The van der Waals surface area contributed by atoms with Crippen LogP contribution in [0.15, 0.2) is 39.1 Å². The molecule has 9 heteroatoms. The zero-order chi connectivity index (χ0) is 20.6. The Kier molecular flexibility index (Phi) is 7.68. The van der Waals surface area contributed by atoms with Gasteiger partial charge in [-0.2, -0.15) is 0 Å². The third-order valence-corrected chi connectivity index (χ3v) is 5.66. The zero-order valence-corrected chi connectivity index (χ0v) is 17.7. The lowest BCUT2D eigenvalue weighted by atomic mass is 10.1. The summed E-state index contributed by atoms with van der Waals surface area (Å²) in [6.07, 6.45) is 0.228. The number of nitrogens with zero attached hydrogens (tertiary/aromatic N) is 2. The van der Waals surface area contributed by atoms with Crippen LogP contribution in [0.25, 0.3) is 0 Å². The molecule has 2 unspecified atom stereocenters. The second-order valence-electron chi connectivity index (χ2n) is 6.91. The number of ether oxygens (including phenoxy) is 1. The van der Waals surface area contributed by atoms with Crippen LogP contribution in [-0.2, 0) is 11.3 Å². The number of carbonyl (C=O) groups excluding carboxylic acids is 1. The van der Waals surface area contributed by atoms with Crippen LogP contribution in [0.5, 0.6) is 0 Å². The third-order valence-electron chi connectivity index (χ3n) is 4.69. The van der Waals surface area contributed by atoms with E-state index in [1.807, 2.05) is 6.92 Å². The lowest BCUT2D eigenvalue weighted by Gasteiger charge is -2.37. The second-order valence-corrected chi connectivity index (χ2v) is 7.89. The molecule has 0 saturated carbocycles. The van der Waals surface area contributed by atoms with Crippen LogP contribution >= 0.6 is 11.3 Å². The summed E-state index contributed by atoms with van der Waals surface area (Å²) in [6, 6.07) is 7.80. The van der Waals surface area contributed by atoms with Gasteiger partial charge >= 0.3 is 0 Å². The van der Waals surface area contributed by atoms with Crippen molar-refractivity contribution < 1.29 is 13.9 Å². The van der Waals surface area contributed by atoms with Gasteiger partial charge in [0.2, 0.25) is 0 Å². The van der Waals surface area contributed by atoms with Crippen LogP contribution in [0.3, 0.4) is 0 Å². The molecular weight excluding hydrogens is 390 g/mol. The fraction of sp³-hybridized carbons (Fsp3) is 0.500. The van der Waals surface area contributed by atoms with Gasteiger partial charge in [-0.15, -0.1) is 11.3 Å². The van der Waals surface area contributed by atoms with E-state index in [1.54, 1.807) is 23.5 Å². The predicted octanol–water partition coefficient (Wildman–Crippen LogP) is 1.96. The lowest BCUT2D eigenvalue weighted by Crippen LogP contribution is -2.48. The van der Waals surface area contributed by atoms with Gasteiger partial charge in [0.1, 0.15) is 12.3 Å². The van der Waals surface area contributed by atoms with Gasteiger partial charge in [-0.3, -0.25) is 9.69 Å². The van der Waals surface area contributed by atoms with Crippen LogP contribution in [0, 0.1) is 0 Å². The SMILES string of the molecule is CCNC(=NCc1ccc(C(N)=O)o1)NCC(c1cccs1)N1CCOC(C)C1. The molecule has 2 atom stereocenters. The summed E-state index contributed by atoms with van der Waals surface area (Å²) in [7, 11) is 0. The molecule has 1 amide bonds. The first-order valence-electron chi connectivity index (χ1n) is 9.86. The summed E-state index contributed by atoms with van der Waals surface area (Å²) in [5.41, 5.74) is 5.23. The number of guanidine groups is 1. The van der Waals surface area contributed by atoms with E-state index in [1.165, 1.54) is 4.88 Å². The summed E-state index contributed by atoms with van der Waals surface area (Å²) < 4.78 is 11.1. The molecule has 0 aliphatic carbocycles. The first-order chi connectivity index (χ1) is 14.1. The van der Waals surface area contributed by atoms with E-state index in [0.717, 1.165) is 32.8 Å². The van der Waals surface area contributed by atoms with E-state index in [9.17, 15) is 4.79 Å². The van der Waals surface area contributed by atoms with E-state index in [-0.39, 0.29) is 17.9 Å². The van der Waals surface area contributed by atoms with Gasteiger partial charge < -0.3 is 25.5 Å². The maximum atomic E-state index is 11.2. The molecule has 2 aromatic rings. The van der Waals surface area contributed by atoms with Gasteiger partial charge in [-0.05, 0) is 37.4 Å². The fourth-order valence-electron chi connectivity index (χ4n) is 3.31. The van der Waals surface area contributed by atoms with Crippen molar-refractivity contribution in [2.24, 2.45) is 10.7 Å². The van der Waals surface area contributed by atoms with Gasteiger partial charge in [0.15, 0.2) is 11.7 Å². The minimum atomic E-state index is -0.580. The van der Waals surface area contributed by atoms with Crippen LogP contribution in [-0.4, -0.2) is 55.7 Å². The number of hydrogen-bond acceptors (Lipinski definition) is 6. The smallest absolute Gasteiger partial charge is 0.284 e. The molecule has 8 nitrogen and oxygen atoms in total. The molecule has 1 aliphatic rings. The molecule has 4 N–H and O–H groups in total. The first-order valence-corrected chi connectivity index (χ1v) is 10.7. The molecule has 158 valence electrons. The molecule has 0 radical (unpaired) electrons. The number of nitrogens with two attached hydrogens (primary N) is 1. The van der Waals surface area contributed by atoms with Crippen molar-refractivity contribution in [3.05, 3.63) is 46.0 Å². The maximum absolute atomic E-state index is 11.2. The van der Waals surface area contributed by atoms with Crippen molar-refractivity contribution in [1.82, 2.24) is 15.5 Å². The maximum Gasteiger partial charge on any atom is 0.284 e. The standard InChI is InChI=1S/C20H29N5O3S/c1-3-22-20(23-11-15-6-7-17(28-15)19(21)26)24-12-16(18-5-4-10-29-18)25-8-9-27-14(2)13-25/h4-7,10,14,16H,3,8-9,11-13H2,1-2H3,(H2,21,26)(H2,22,23,24). The van der Waals surface area contributed by atoms with Gasteiger partial charge in [0, 0.05) is 31.1 Å². The summed E-state index contributed by atoms with van der Waals surface area (Å²) >= 11 is 1.77. The summed E-state index contributed by atoms with van der Waals surface area (Å²) in [6.45, 7) is 8.48. The minimum Gasteiger partial charge on any atom is -0.454 e. The monoisotopic (exact) mass is 419 g/mol. The number of thiophene rings is 1. The highest BCUT2D eigenvalue weighted by molar-refractivity contribution is 7.10. The molecule has 2 aromatic heterocycles. The molecule has 3 rings (SSSR count). The van der Waals surface area contributed by atoms with Crippen molar-refractivity contribution in [2.75, 3.05) is 32.8 Å². The predicted molar refractivity (Wildman–Crippen MR) is 114 cm³/mol. The normalized spacial score (nSPS) is 19.1. The average molecular weight is 420 g/mol. The first kappa shape index (κ1) is 21.4. The number of carbonyl (C=O) groups is 1. The van der Waals surface area contributed by atoms with Crippen molar-refractivity contribution in [1.29, 1.82) is 0 Å². The molecule has 1 saturated heterocycles. The van der Waals surface area contributed by atoms with Crippen molar-refractivity contribution in [3.63, 3.8) is 0 Å². The Bertz CT molecular complexity index is 805. The van der Waals surface area contributed by atoms with E-state index in [0.29, 0.717) is 18.3 Å². The van der Waals surface area contributed by atoms with Crippen molar-refractivity contribution in [2.45, 2.75) is 32.5 Å². The average Bonchev–Trinajstić information content (AvgIpc) is 3.38. The molecule has 0 spiro atoms. The highest BCUT2D eigenvalue weighted by Gasteiger charge is 2.26. The highest BCUT2D eigenvalue weighted by Crippen LogP contribution is 2.26. The third kappa shape index (κ3) is 6.06. The zero-order valence-electron chi connectivity index (χ0n) is 16.9. The number of primary amides is 1. The van der Waals surface area contributed by atoms with Crippen LogP contribution in [0.1, 0.15) is 41.1 Å². The number of nitrogens with one attached hydrogen (secondary N) is 2. The number of rotatable bonds is 8. The molecule has 3 heterocycles. The van der Waals surface area contributed by atoms with Gasteiger partial charge in [0.05, 0.1) is 18.8 Å². The minimum absolute atomic E-state index is 0.146. The molecule has 1 fully saturated rings. The van der Waals surface area contributed by atoms with Crippen LogP contribution < -0.4 is 16.4 Å². The van der Waals surface area contributed by atoms with Crippen molar-refractivity contribution >= 4 is 23.2 Å².